The van der Waals surface area contributed by atoms with Gasteiger partial charge in [0.15, 0.2) is 14.9 Å². The molecule has 21 heavy (non-hydrogen) atoms. The van der Waals surface area contributed by atoms with Crippen LogP contribution in [0.15, 0.2) is 29.2 Å². The van der Waals surface area contributed by atoms with Crippen LogP contribution < -0.4 is 10.6 Å². The molecule has 116 valence electrons. The second-order valence-electron chi connectivity index (χ2n) is 5.11. The van der Waals surface area contributed by atoms with Crippen molar-refractivity contribution in [3.05, 3.63) is 29.8 Å². The summed E-state index contributed by atoms with van der Waals surface area (Å²) in [7, 11) is -3.14. The van der Waals surface area contributed by atoms with Gasteiger partial charge in [0.1, 0.15) is 0 Å². The van der Waals surface area contributed by atoms with E-state index in [4.69, 9.17) is 17.0 Å². The summed E-state index contributed by atoms with van der Waals surface area (Å²) in [5, 5.41) is 6.81. The molecule has 1 fully saturated rings. The number of ether oxygens (including phenoxy) is 1. The van der Waals surface area contributed by atoms with Crippen LogP contribution in [-0.4, -0.2) is 39.0 Å². The number of hydrogen-bond acceptors (Lipinski definition) is 4. The van der Waals surface area contributed by atoms with Crippen molar-refractivity contribution in [2.24, 2.45) is 0 Å². The number of hydrogen-bond donors (Lipinski definition) is 2. The van der Waals surface area contributed by atoms with E-state index in [-0.39, 0.29) is 6.10 Å². The molecule has 1 atom stereocenters. The summed E-state index contributed by atoms with van der Waals surface area (Å²) >= 11 is 5.20. The zero-order chi connectivity index (χ0) is 15.3. The fourth-order valence-corrected chi connectivity index (χ4v) is 2.90. The van der Waals surface area contributed by atoms with Crippen molar-refractivity contribution in [3.63, 3.8) is 0 Å². The van der Waals surface area contributed by atoms with E-state index in [1.807, 2.05) is 0 Å². The lowest BCUT2D eigenvalue weighted by Crippen LogP contribution is -2.39. The van der Waals surface area contributed by atoms with Gasteiger partial charge in [-0.25, -0.2) is 8.42 Å². The van der Waals surface area contributed by atoms with Gasteiger partial charge in [-0.2, -0.15) is 0 Å². The quantitative estimate of drug-likeness (QED) is 0.793. The van der Waals surface area contributed by atoms with Crippen molar-refractivity contribution in [1.82, 2.24) is 10.6 Å². The summed E-state index contributed by atoms with van der Waals surface area (Å²) in [6.45, 7) is 2.11. The number of sulfone groups is 1. The van der Waals surface area contributed by atoms with Gasteiger partial charge in [-0.05, 0) is 42.8 Å². The standard InChI is InChI=1S/C14H20N2O3S2/c1-21(17,18)13-6-4-11(5-7-13)9-15-14(20)16-10-12-3-2-8-19-12/h4-7,12H,2-3,8-10H2,1H3,(H2,15,16,20). The predicted octanol–water partition coefficient (Wildman–Crippen LogP) is 1.23. The van der Waals surface area contributed by atoms with Crippen molar-refractivity contribution >= 4 is 27.2 Å². The molecule has 0 saturated carbocycles. The van der Waals surface area contributed by atoms with Crippen LogP contribution in [0, 0.1) is 0 Å². The average Bonchev–Trinajstić information content (AvgIpc) is 2.95. The summed E-state index contributed by atoms with van der Waals surface area (Å²) in [5.41, 5.74) is 0.976. The second kappa shape index (κ2) is 7.20. The fraction of sp³-hybridized carbons (Fsp3) is 0.500. The maximum Gasteiger partial charge on any atom is 0.175 e. The molecular weight excluding hydrogens is 308 g/mol. The molecule has 0 aromatic heterocycles. The first kappa shape index (κ1) is 16.2. The van der Waals surface area contributed by atoms with E-state index in [9.17, 15) is 8.42 Å². The fourth-order valence-electron chi connectivity index (χ4n) is 2.11. The van der Waals surface area contributed by atoms with E-state index in [2.05, 4.69) is 10.6 Å². The number of nitrogens with one attached hydrogen (secondary N) is 2. The minimum Gasteiger partial charge on any atom is -0.376 e. The van der Waals surface area contributed by atoms with Gasteiger partial charge in [-0.3, -0.25) is 0 Å². The van der Waals surface area contributed by atoms with Gasteiger partial charge >= 0.3 is 0 Å². The van der Waals surface area contributed by atoms with Crippen LogP contribution in [-0.2, 0) is 21.1 Å². The molecule has 0 radical (unpaired) electrons. The highest BCUT2D eigenvalue weighted by Gasteiger charge is 2.15. The highest BCUT2D eigenvalue weighted by Crippen LogP contribution is 2.11. The SMILES string of the molecule is CS(=O)(=O)c1ccc(CNC(=S)NCC2CCCO2)cc1. The molecule has 1 heterocycles. The van der Waals surface area contributed by atoms with Crippen molar-refractivity contribution in [2.75, 3.05) is 19.4 Å². The molecule has 0 bridgehead atoms. The van der Waals surface area contributed by atoms with Crippen LogP contribution in [0.3, 0.4) is 0 Å². The Hall–Kier alpha value is -1.18. The van der Waals surface area contributed by atoms with Crippen molar-refractivity contribution in [3.8, 4) is 0 Å². The van der Waals surface area contributed by atoms with Gasteiger partial charge in [-0.15, -0.1) is 0 Å². The lowest BCUT2D eigenvalue weighted by atomic mass is 10.2. The largest absolute Gasteiger partial charge is 0.376 e. The predicted molar refractivity (Wildman–Crippen MR) is 86.0 cm³/mol. The van der Waals surface area contributed by atoms with Gasteiger partial charge in [0, 0.05) is 26.0 Å². The van der Waals surface area contributed by atoms with E-state index in [1.54, 1.807) is 24.3 Å². The first-order valence-electron chi connectivity index (χ1n) is 6.87. The average molecular weight is 328 g/mol. The Morgan fingerprint density at radius 2 is 2.05 bits per heavy atom. The third kappa shape index (κ3) is 5.26. The maximum absolute atomic E-state index is 11.4. The third-order valence-corrected chi connectivity index (χ3v) is 4.74. The first-order valence-corrected chi connectivity index (χ1v) is 9.17. The zero-order valence-corrected chi connectivity index (χ0v) is 13.6. The van der Waals surface area contributed by atoms with Gasteiger partial charge in [0.25, 0.3) is 0 Å². The molecule has 0 spiro atoms. The Bertz CT molecular complexity index is 579. The summed E-state index contributed by atoms with van der Waals surface area (Å²) in [6.07, 6.45) is 3.63. The Morgan fingerprint density at radius 1 is 1.33 bits per heavy atom. The van der Waals surface area contributed by atoms with E-state index in [0.717, 1.165) is 31.6 Å². The van der Waals surface area contributed by atoms with Gasteiger partial charge in [0.05, 0.1) is 11.0 Å². The van der Waals surface area contributed by atoms with Crippen LogP contribution in [0.25, 0.3) is 0 Å². The molecule has 1 unspecified atom stereocenters. The van der Waals surface area contributed by atoms with Gasteiger partial charge < -0.3 is 15.4 Å². The summed E-state index contributed by atoms with van der Waals surface area (Å²) in [4.78, 5) is 0.324. The molecule has 5 nitrogen and oxygen atoms in total. The Morgan fingerprint density at radius 3 is 2.62 bits per heavy atom. The first-order chi connectivity index (χ1) is 9.95. The number of rotatable bonds is 5. The smallest absolute Gasteiger partial charge is 0.175 e. The summed E-state index contributed by atoms with van der Waals surface area (Å²) < 4.78 is 28.2. The van der Waals surface area contributed by atoms with E-state index in [0.29, 0.717) is 16.6 Å². The van der Waals surface area contributed by atoms with Crippen molar-refractivity contribution in [1.29, 1.82) is 0 Å². The Balaban J connectivity index is 1.75. The van der Waals surface area contributed by atoms with E-state index < -0.39 is 9.84 Å². The lowest BCUT2D eigenvalue weighted by Gasteiger charge is -2.14. The summed E-state index contributed by atoms with van der Waals surface area (Å²) in [6, 6.07) is 6.78. The van der Waals surface area contributed by atoms with E-state index >= 15 is 0 Å². The highest BCUT2D eigenvalue weighted by atomic mass is 32.2. The maximum atomic E-state index is 11.4. The molecule has 2 rings (SSSR count). The normalized spacial score (nSPS) is 18.4. The molecular formula is C14H20N2O3S2. The molecule has 1 aliphatic heterocycles. The number of benzene rings is 1. The Kier molecular flexibility index (Phi) is 5.55. The minimum atomic E-state index is -3.14. The molecule has 0 amide bonds. The molecule has 2 N–H and O–H groups in total. The zero-order valence-electron chi connectivity index (χ0n) is 12.0. The third-order valence-electron chi connectivity index (χ3n) is 3.32. The molecule has 1 saturated heterocycles. The molecule has 1 aromatic rings. The van der Waals surface area contributed by atoms with Crippen LogP contribution in [0.5, 0.6) is 0 Å². The van der Waals surface area contributed by atoms with Crippen LogP contribution in [0.1, 0.15) is 18.4 Å². The summed E-state index contributed by atoms with van der Waals surface area (Å²) in [5.74, 6) is 0. The van der Waals surface area contributed by atoms with Gasteiger partial charge in [-0.1, -0.05) is 12.1 Å². The minimum absolute atomic E-state index is 0.249. The molecule has 1 aromatic carbocycles. The monoisotopic (exact) mass is 328 g/mol. The van der Waals surface area contributed by atoms with Crippen LogP contribution >= 0.6 is 12.2 Å². The lowest BCUT2D eigenvalue weighted by molar-refractivity contribution is 0.114. The van der Waals surface area contributed by atoms with Crippen molar-refractivity contribution in [2.45, 2.75) is 30.4 Å². The Labute approximate surface area is 131 Å². The van der Waals surface area contributed by atoms with E-state index in [1.165, 1.54) is 6.26 Å². The molecule has 0 aliphatic carbocycles. The second-order valence-corrected chi connectivity index (χ2v) is 7.54. The van der Waals surface area contributed by atoms with Crippen LogP contribution in [0.4, 0.5) is 0 Å². The topological polar surface area (TPSA) is 67.4 Å². The number of thiocarbonyl (C=S) groups is 1. The van der Waals surface area contributed by atoms with Crippen LogP contribution in [0.2, 0.25) is 0 Å². The highest BCUT2D eigenvalue weighted by molar-refractivity contribution is 7.90. The molecule has 1 aliphatic rings. The van der Waals surface area contributed by atoms with Crippen molar-refractivity contribution < 1.29 is 13.2 Å². The van der Waals surface area contributed by atoms with Gasteiger partial charge in [0.2, 0.25) is 0 Å². The molecule has 7 heteroatoms.